The van der Waals surface area contributed by atoms with E-state index in [4.69, 9.17) is 10.5 Å². The molecule has 1 fully saturated rings. The maximum Gasteiger partial charge on any atom is 0.258 e. The van der Waals surface area contributed by atoms with Crippen molar-refractivity contribution in [2.75, 3.05) is 32.0 Å². The van der Waals surface area contributed by atoms with Gasteiger partial charge in [0.15, 0.2) is 6.61 Å². The van der Waals surface area contributed by atoms with Gasteiger partial charge in [0.05, 0.1) is 12.2 Å². The summed E-state index contributed by atoms with van der Waals surface area (Å²) in [6.07, 6.45) is 3.24. The molecule has 1 saturated heterocycles. The average molecular weight is 291 g/mol. The van der Waals surface area contributed by atoms with Gasteiger partial charge < -0.3 is 20.7 Å². The summed E-state index contributed by atoms with van der Waals surface area (Å²) in [5.41, 5.74) is 6.19. The van der Waals surface area contributed by atoms with Gasteiger partial charge in [0.1, 0.15) is 5.75 Å². The molecule has 0 saturated carbocycles. The lowest BCUT2D eigenvalue weighted by atomic mass is 10.1. The second kappa shape index (κ2) is 7.52. The van der Waals surface area contributed by atoms with Crippen LogP contribution >= 0.6 is 0 Å². The number of benzene rings is 1. The molecule has 2 rings (SSSR count). The molecule has 114 valence electrons. The number of nitrogen functional groups attached to an aromatic ring is 1. The highest BCUT2D eigenvalue weighted by Crippen LogP contribution is 2.19. The third kappa shape index (κ3) is 4.66. The number of carbonyl (C=O) groups is 2. The maximum atomic E-state index is 11.9. The number of para-hydroxylation sites is 2. The molecule has 21 heavy (non-hydrogen) atoms. The quantitative estimate of drug-likeness (QED) is 0.785. The lowest BCUT2D eigenvalue weighted by Gasteiger charge is -2.26. The van der Waals surface area contributed by atoms with Crippen LogP contribution in [0.4, 0.5) is 5.69 Å². The molecule has 0 atom stereocenters. The summed E-state index contributed by atoms with van der Waals surface area (Å²) in [5, 5.41) is 2.57. The van der Waals surface area contributed by atoms with Gasteiger partial charge >= 0.3 is 0 Å². The van der Waals surface area contributed by atoms with Crippen LogP contribution < -0.4 is 15.8 Å². The zero-order chi connectivity index (χ0) is 15.1. The summed E-state index contributed by atoms with van der Waals surface area (Å²) in [4.78, 5) is 25.3. The fraction of sp³-hybridized carbons (Fsp3) is 0.467. The number of rotatable bonds is 5. The second-order valence-corrected chi connectivity index (χ2v) is 5.04. The largest absolute Gasteiger partial charge is 0.482 e. The molecular formula is C15H21N3O3. The second-order valence-electron chi connectivity index (χ2n) is 5.04. The van der Waals surface area contributed by atoms with Crippen molar-refractivity contribution in [3.8, 4) is 5.75 Å². The van der Waals surface area contributed by atoms with Gasteiger partial charge in [-0.1, -0.05) is 12.1 Å². The van der Waals surface area contributed by atoms with Crippen LogP contribution in [0.2, 0.25) is 0 Å². The van der Waals surface area contributed by atoms with E-state index >= 15 is 0 Å². The SMILES string of the molecule is Nc1ccccc1OCC(=O)NCC(=O)N1CCCCC1. The minimum atomic E-state index is -0.330. The molecule has 0 radical (unpaired) electrons. The number of anilines is 1. The van der Waals surface area contributed by atoms with E-state index in [1.54, 1.807) is 29.2 Å². The molecule has 1 aromatic carbocycles. The normalized spacial score (nSPS) is 14.6. The summed E-state index contributed by atoms with van der Waals surface area (Å²) < 4.78 is 5.31. The first kappa shape index (κ1) is 15.2. The van der Waals surface area contributed by atoms with Crippen LogP contribution in [0.3, 0.4) is 0 Å². The summed E-state index contributed by atoms with van der Waals surface area (Å²) in [6, 6.07) is 6.97. The smallest absolute Gasteiger partial charge is 0.258 e. The molecule has 0 unspecified atom stereocenters. The van der Waals surface area contributed by atoms with Crippen molar-refractivity contribution in [2.45, 2.75) is 19.3 Å². The minimum Gasteiger partial charge on any atom is -0.482 e. The monoisotopic (exact) mass is 291 g/mol. The molecule has 1 heterocycles. The number of nitrogens with one attached hydrogen (secondary N) is 1. The van der Waals surface area contributed by atoms with E-state index in [-0.39, 0.29) is 25.0 Å². The third-order valence-corrected chi connectivity index (χ3v) is 3.42. The number of piperidine rings is 1. The Bertz CT molecular complexity index is 499. The molecule has 1 aliphatic rings. The summed E-state index contributed by atoms with van der Waals surface area (Å²) in [7, 11) is 0. The molecule has 3 N–H and O–H groups in total. The van der Waals surface area contributed by atoms with Gasteiger partial charge in [-0.15, -0.1) is 0 Å². The van der Waals surface area contributed by atoms with Crippen molar-refractivity contribution in [1.82, 2.24) is 10.2 Å². The Hall–Kier alpha value is -2.24. The first-order valence-corrected chi connectivity index (χ1v) is 7.18. The van der Waals surface area contributed by atoms with E-state index in [0.29, 0.717) is 11.4 Å². The Morgan fingerprint density at radius 3 is 2.62 bits per heavy atom. The van der Waals surface area contributed by atoms with Crippen molar-refractivity contribution in [1.29, 1.82) is 0 Å². The number of nitrogens with two attached hydrogens (primary N) is 1. The predicted octanol–water partition coefficient (Wildman–Crippen LogP) is 0.776. The summed E-state index contributed by atoms with van der Waals surface area (Å²) >= 11 is 0. The maximum absolute atomic E-state index is 11.9. The zero-order valence-electron chi connectivity index (χ0n) is 12.0. The standard InChI is InChI=1S/C15H21N3O3/c16-12-6-2-3-7-13(12)21-11-14(19)17-10-15(20)18-8-4-1-5-9-18/h2-3,6-7H,1,4-5,8-11,16H2,(H,17,19). The third-order valence-electron chi connectivity index (χ3n) is 3.42. The Morgan fingerprint density at radius 2 is 1.90 bits per heavy atom. The van der Waals surface area contributed by atoms with Crippen molar-refractivity contribution < 1.29 is 14.3 Å². The van der Waals surface area contributed by atoms with E-state index < -0.39 is 0 Å². The number of nitrogens with zero attached hydrogens (tertiary/aromatic N) is 1. The van der Waals surface area contributed by atoms with Gasteiger partial charge in [-0.25, -0.2) is 0 Å². The molecule has 1 aromatic rings. The molecule has 1 aliphatic heterocycles. The van der Waals surface area contributed by atoms with Gasteiger partial charge in [-0.2, -0.15) is 0 Å². The van der Waals surface area contributed by atoms with Gasteiger partial charge in [-0.05, 0) is 31.4 Å². The highest BCUT2D eigenvalue weighted by Gasteiger charge is 2.16. The van der Waals surface area contributed by atoms with E-state index in [1.807, 2.05) is 0 Å². The average Bonchev–Trinajstić information content (AvgIpc) is 2.52. The van der Waals surface area contributed by atoms with Crippen LogP contribution in [-0.4, -0.2) is 43.0 Å². The molecule has 2 amide bonds. The molecule has 6 nitrogen and oxygen atoms in total. The molecular weight excluding hydrogens is 270 g/mol. The van der Waals surface area contributed by atoms with E-state index in [2.05, 4.69) is 5.32 Å². The molecule has 0 spiro atoms. The lowest BCUT2D eigenvalue weighted by molar-refractivity contribution is -0.134. The Balaban J connectivity index is 1.70. The van der Waals surface area contributed by atoms with Gasteiger partial charge in [0, 0.05) is 13.1 Å². The number of likely N-dealkylation sites (tertiary alicyclic amines) is 1. The molecule has 0 bridgehead atoms. The fourth-order valence-electron chi connectivity index (χ4n) is 2.24. The summed E-state index contributed by atoms with van der Waals surface area (Å²) in [5.74, 6) is 0.0981. The van der Waals surface area contributed by atoms with Gasteiger partial charge in [0.2, 0.25) is 5.91 Å². The van der Waals surface area contributed by atoms with Gasteiger partial charge in [-0.3, -0.25) is 9.59 Å². The van der Waals surface area contributed by atoms with Crippen LogP contribution in [0.15, 0.2) is 24.3 Å². The zero-order valence-corrected chi connectivity index (χ0v) is 12.0. The number of hydrogen-bond donors (Lipinski definition) is 2. The van der Waals surface area contributed by atoms with Crippen LogP contribution in [0.1, 0.15) is 19.3 Å². The first-order valence-electron chi connectivity index (χ1n) is 7.18. The highest BCUT2D eigenvalue weighted by molar-refractivity contribution is 5.85. The number of ether oxygens (including phenoxy) is 1. The van der Waals surface area contributed by atoms with Crippen molar-refractivity contribution >= 4 is 17.5 Å². The summed E-state index contributed by atoms with van der Waals surface area (Å²) in [6.45, 7) is 1.44. The topological polar surface area (TPSA) is 84.7 Å². The highest BCUT2D eigenvalue weighted by atomic mass is 16.5. The van der Waals surface area contributed by atoms with Crippen molar-refractivity contribution in [3.63, 3.8) is 0 Å². The minimum absolute atomic E-state index is 0.0203. The lowest BCUT2D eigenvalue weighted by Crippen LogP contribution is -2.43. The van der Waals surface area contributed by atoms with Crippen molar-refractivity contribution in [3.05, 3.63) is 24.3 Å². The molecule has 6 heteroatoms. The number of carbonyl (C=O) groups excluding carboxylic acids is 2. The Morgan fingerprint density at radius 1 is 1.19 bits per heavy atom. The number of hydrogen-bond acceptors (Lipinski definition) is 4. The van der Waals surface area contributed by atoms with Crippen molar-refractivity contribution in [2.24, 2.45) is 0 Å². The van der Waals surface area contributed by atoms with E-state index in [1.165, 1.54) is 6.42 Å². The van der Waals surface area contributed by atoms with Crippen LogP contribution in [-0.2, 0) is 9.59 Å². The van der Waals surface area contributed by atoms with Crippen LogP contribution in [0.25, 0.3) is 0 Å². The van der Waals surface area contributed by atoms with E-state index in [9.17, 15) is 9.59 Å². The first-order chi connectivity index (χ1) is 10.2. The van der Waals surface area contributed by atoms with E-state index in [0.717, 1.165) is 25.9 Å². The number of amides is 2. The van der Waals surface area contributed by atoms with Crippen LogP contribution in [0, 0.1) is 0 Å². The molecule has 0 aliphatic carbocycles. The molecule has 0 aromatic heterocycles. The Labute approximate surface area is 124 Å². The predicted molar refractivity (Wildman–Crippen MR) is 79.8 cm³/mol. The van der Waals surface area contributed by atoms with Gasteiger partial charge in [0.25, 0.3) is 5.91 Å². The Kier molecular flexibility index (Phi) is 5.43. The fourth-order valence-corrected chi connectivity index (χ4v) is 2.24. The van der Waals surface area contributed by atoms with Crippen LogP contribution in [0.5, 0.6) is 5.75 Å².